The van der Waals surface area contributed by atoms with E-state index in [1.807, 2.05) is 6.92 Å². The summed E-state index contributed by atoms with van der Waals surface area (Å²) in [6.07, 6.45) is 0. The van der Waals surface area contributed by atoms with Crippen LogP contribution in [-0.2, 0) is 10.0 Å². The minimum absolute atomic E-state index is 0.159. The molecule has 0 aromatic heterocycles. The van der Waals surface area contributed by atoms with Crippen LogP contribution in [-0.4, -0.2) is 20.9 Å². The number of aryl methyl sites for hydroxylation is 1. The number of nitrogens with one attached hydrogen (secondary N) is 2. The van der Waals surface area contributed by atoms with Crippen molar-refractivity contribution in [3.8, 4) is 0 Å². The van der Waals surface area contributed by atoms with Gasteiger partial charge in [-0.15, -0.1) is 0 Å². The van der Waals surface area contributed by atoms with Crippen molar-refractivity contribution < 1.29 is 13.2 Å². The summed E-state index contributed by atoms with van der Waals surface area (Å²) in [5, 5.41) is 2.82. The maximum atomic E-state index is 12.3. The molecule has 1 amide bonds. The number of hydrogen-bond donors (Lipinski definition) is 2. The molecule has 0 heterocycles. The highest BCUT2D eigenvalue weighted by Crippen LogP contribution is 2.23. The Labute approximate surface area is 140 Å². The van der Waals surface area contributed by atoms with Gasteiger partial charge in [-0.2, -0.15) is 0 Å². The molecule has 2 aromatic carbocycles. The summed E-state index contributed by atoms with van der Waals surface area (Å²) >= 11 is 6.06. The molecule has 0 saturated heterocycles. The molecular weight excluding hydrogens is 336 g/mol. The van der Waals surface area contributed by atoms with Gasteiger partial charge in [-0.3, -0.25) is 9.52 Å². The fraction of sp³-hybridized carbons (Fsp3) is 0.188. The fourth-order valence-electron chi connectivity index (χ4n) is 1.95. The van der Waals surface area contributed by atoms with Gasteiger partial charge in [0.1, 0.15) is 0 Å². The molecule has 2 aromatic rings. The number of anilines is 1. The predicted molar refractivity (Wildman–Crippen MR) is 91.4 cm³/mol. The van der Waals surface area contributed by atoms with Gasteiger partial charge in [0.15, 0.2) is 0 Å². The van der Waals surface area contributed by atoms with Crippen molar-refractivity contribution in [2.45, 2.75) is 18.7 Å². The predicted octanol–water partition coefficient (Wildman–Crippen LogP) is 3.20. The first-order chi connectivity index (χ1) is 10.8. The molecule has 0 bridgehead atoms. The van der Waals surface area contributed by atoms with Crippen molar-refractivity contribution in [3.05, 3.63) is 58.6 Å². The third kappa shape index (κ3) is 4.24. The SMILES string of the molecule is CCNC(=O)c1ccc(NS(=O)(=O)c2ccc(C)cc2)cc1Cl. The summed E-state index contributed by atoms with van der Waals surface area (Å²) in [5.74, 6) is -0.301. The lowest BCUT2D eigenvalue weighted by atomic mass is 10.2. The number of halogens is 1. The Bertz CT molecular complexity index is 818. The van der Waals surface area contributed by atoms with Crippen LogP contribution in [0.25, 0.3) is 0 Å². The van der Waals surface area contributed by atoms with Gasteiger partial charge in [-0.1, -0.05) is 29.3 Å². The molecular formula is C16H17ClN2O3S. The van der Waals surface area contributed by atoms with Crippen molar-refractivity contribution in [1.29, 1.82) is 0 Å². The maximum absolute atomic E-state index is 12.3. The van der Waals surface area contributed by atoms with E-state index in [1.54, 1.807) is 19.1 Å². The summed E-state index contributed by atoms with van der Waals surface area (Å²) in [5.41, 5.74) is 1.56. The number of benzene rings is 2. The van der Waals surface area contributed by atoms with Crippen LogP contribution in [0.1, 0.15) is 22.8 Å². The first kappa shape index (κ1) is 17.3. The number of rotatable bonds is 5. The average molecular weight is 353 g/mol. The van der Waals surface area contributed by atoms with E-state index in [2.05, 4.69) is 10.0 Å². The standard InChI is InChI=1S/C16H17ClN2O3S/c1-3-18-16(20)14-9-6-12(10-15(14)17)19-23(21,22)13-7-4-11(2)5-8-13/h4-10,19H,3H2,1-2H3,(H,18,20). The van der Waals surface area contributed by atoms with E-state index in [1.165, 1.54) is 30.3 Å². The van der Waals surface area contributed by atoms with Crippen LogP contribution < -0.4 is 10.0 Å². The smallest absolute Gasteiger partial charge is 0.261 e. The van der Waals surface area contributed by atoms with Crippen LogP contribution in [0.2, 0.25) is 5.02 Å². The van der Waals surface area contributed by atoms with Crippen LogP contribution in [0, 0.1) is 6.92 Å². The summed E-state index contributed by atoms with van der Waals surface area (Å²) in [7, 11) is -3.70. The minimum atomic E-state index is -3.70. The van der Waals surface area contributed by atoms with Gasteiger partial charge in [-0.05, 0) is 44.2 Å². The Balaban J connectivity index is 2.25. The van der Waals surface area contributed by atoms with E-state index < -0.39 is 10.0 Å². The molecule has 0 radical (unpaired) electrons. The highest BCUT2D eigenvalue weighted by Gasteiger charge is 2.16. The highest BCUT2D eigenvalue weighted by atomic mass is 35.5. The van der Waals surface area contributed by atoms with Gasteiger partial charge in [-0.25, -0.2) is 8.42 Å². The van der Waals surface area contributed by atoms with E-state index >= 15 is 0 Å². The number of carbonyl (C=O) groups excluding carboxylic acids is 1. The van der Waals surface area contributed by atoms with Crippen LogP contribution >= 0.6 is 11.6 Å². The van der Waals surface area contributed by atoms with Gasteiger partial charge in [0, 0.05) is 6.54 Å². The van der Waals surface area contributed by atoms with Crippen molar-refractivity contribution in [2.75, 3.05) is 11.3 Å². The normalized spacial score (nSPS) is 11.1. The molecule has 2 N–H and O–H groups in total. The zero-order valence-corrected chi connectivity index (χ0v) is 14.3. The number of hydrogen-bond acceptors (Lipinski definition) is 3. The lowest BCUT2D eigenvalue weighted by Crippen LogP contribution is -2.23. The summed E-state index contributed by atoms with van der Waals surface area (Å²) in [4.78, 5) is 11.9. The molecule has 0 saturated carbocycles. The molecule has 0 aliphatic carbocycles. The topological polar surface area (TPSA) is 75.3 Å². The van der Waals surface area contributed by atoms with Crippen molar-refractivity contribution in [2.24, 2.45) is 0 Å². The lowest BCUT2D eigenvalue weighted by Gasteiger charge is -2.10. The monoisotopic (exact) mass is 352 g/mol. The number of sulfonamides is 1. The second-order valence-corrected chi connectivity index (χ2v) is 7.06. The summed E-state index contributed by atoms with van der Waals surface area (Å²) in [6.45, 7) is 4.16. The van der Waals surface area contributed by atoms with E-state index in [0.29, 0.717) is 17.8 Å². The fourth-order valence-corrected chi connectivity index (χ4v) is 3.27. The van der Waals surface area contributed by atoms with Crippen molar-refractivity contribution in [1.82, 2.24) is 5.32 Å². The van der Waals surface area contributed by atoms with Crippen LogP contribution in [0.15, 0.2) is 47.4 Å². The summed E-state index contributed by atoms with van der Waals surface area (Å²) in [6, 6.07) is 10.9. The molecule has 7 heteroatoms. The van der Waals surface area contributed by atoms with Crippen LogP contribution in [0.4, 0.5) is 5.69 Å². The van der Waals surface area contributed by atoms with E-state index in [-0.39, 0.29) is 15.8 Å². The van der Waals surface area contributed by atoms with Gasteiger partial charge in [0.2, 0.25) is 0 Å². The third-order valence-electron chi connectivity index (χ3n) is 3.13. The second-order valence-electron chi connectivity index (χ2n) is 4.97. The first-order valence-electron chi connectivity index (χ1n) is 7.00. The van der Waals surface area contributed by atoms with Crippen molar-refractivity contribution >= 4 is 33.2 Å². The lowest BCUT2D eigenvalue weighted by molar-refractivity contribution is 0.0956. The molecule has 0 aliphatic heterocycles. The Morgan fingerprint density at radius 3 is 2.35 bits per heavy atom. The van der Waals surface area contributed by atoms with E-state index in [0.717, 1.165) is 5.56 Å². The number of carbonyl (C=O) groups is 1. The first-order valence-corrected chi connectivity index (χ1v) is 8.87. The molecule has 23 heavy (non-hydrogen) atoms. The molecule has 2 rings (SSSR count). The Hall–Kier alpha value is -2.05. The Kier molecular flexibility index (Phi) is 5.28. The van der Waals surface area contributed by atoms with Gasteiger partial charge >= 0.3 is 0 Å². The van der Waals surface area contributed by atoms with E-state index in [4.69, 9.17) is 11.6 Å². The van der Waals surface area contributed by atoms with Gasteiger partial charge in [0.05, 0.1) is 21.2 Å². The van der Waals surface area contributed by atoms with Gasteiger partial charge in [0.25, 0.3) is 15.9 Å². The third-order valence-corrected chi connectivity index (χ3v) is 4.84. The molecule has 5 nitrogen and oxygen atoms in total. The minimum Gasteiger partial charge on any atom is -0.352 e. The second kappa shape index (κ2) is 7.02. The average Bonchev–Trinajstić information content (AvgIpc) is 2.47. The molecule has 0 aliphatic rings. The molecule has 122 valence electrons. The highest BCUT2D eigenvalue weighted by molar-refractivity contribution is 7.92. The molecule has 0 atom stereocenters. The zero-order valence-electron chi connectivity index (χ0n) is 12.8. The van der Waals surface area contributed by atoms with Crippen molar-refractivity contribution in [3.63, 3.8) is 0 Å². The Morgan fingerprint density at radius 2 is 1.78 bits per heavy atom. The number of amides is 1. The van der Waals surface area contributed by atoms with Crippen LogP contribution in [0.5, 0.6) is 0 Å². The van der Waals surface area contributed by atoms with E-state index in [9.17, 15) is 13.2 Å². The van der Waals surface area contributed by atoms with Gasteiger partial charge < -0.3 is 5.32 Å². The quantitative estimate of drug-likeness (QED) is 0.867. The molecule has 0 fully saturated rings. The zero-order chi connectivity index (χ0) is 17.0. The maximum Gasteiger partial charge on any atom is 0.261 e. The molecule has 0 unspecified atom stereocenters. The summed E-state index contributed by atoms with van der Waals surface area (Å²) < 4.78 is 27.1. The van der Waals surface area contributed by atoms with Crippen LogP contribution in [0.3, 0.4) is 0 Å². The molecule has 0 spiro atoms. The largest absolute Gasteiger partial charge is 0.352 e. The Morgan fingerprint density at radius 1 is 1.13 bits per heavy atom.